The number of benzene rings is 1. The smallest absolute Gasteiger partial charge is 0.159 e. The van der Waals surface area contributed by atoms with E-state index in [0.29, 0.717) is 52.8 Å². The first-order chi connectivity index (χ1) is 19.4. The van der Waals surface area contributed by atoms with Gasteiger partial charge in [0, 0.05) is 62.0 Å². The van der Waals surface area contributed by atoms with Crippen molar-refractivity contribution < 1.29 is 9.13 Å². The Labute approximate surface area is 229 Å². The molecule has 0 aliphatic rings. The largest absolute Gasteiger partial charge is 0.492 e. The molecule has 11 heteroatoms. The second-order valence-corrected chi connectivity index (χ2v) is 9.99. The van der Waals surface area contributed by atoms with Crippen molar-refractivity contribution in [1.82, 2.24) is 40.0 Å². The predicted molar refractivity (Wildman–Crippen MR) is 154 cm³/mol. The fourth-order valence-corrected chi connectivity index (χ4v) is 4.46. The molecule has 0 bridgehead atoms. The lowest BCUT2D eigenvalue weighted by atomic mass is 10.1. The number of rotatable bonds is 8. The number of ether oxygens (including phenoxy) is 1. The minimum absolute atomic E-state index is 0.406. The maximum absolute atomic E-state index is 14.6. The summed E-state index contributed by atoms with van der Waals surface area (Å²) in [5, 5.41) is 8.32. The summed E-state index contributed by atoms with van der Waals surface area (Å²) in [6, 6.07) is 10.5. The Hall–Kier alpha value is -4.90. The van der Waals surface area contributed by atoms with Gasteiger partial charge in [-0.25, -0.2) is 14.4 Å². The number of fused-ring (bicyclic) bond motifs is 2. The second-order valence-electron chi connectivity index (χ2n) is 9.99. The average Bonchev–Trinajstić information content (AvgIpc) is 3.56. The Morgan fingerprint density at radius 1 is 0.900 bits per heavy atom. The molecule has 10 nitrogen and oxygen atoms in total. The quantitative estimate of drug-likeness (QED) is 0.286. The van der Waals surface area contributed by atoms with Crippen molar-refractivity contribution in [3.63, 3.8) is 0 Å². The molecule has 0 aliphatic heterocycles. The van der Waals surface area contributed by atoms with Crippen molar-refractivity contribution in [2.75, 3.05) is 46.2 Å². The van der Waals surface area contributed by atoms with Crippen LogP contribution in [0, 0.1) is 5.82 Å². The molecule has 0 fully saturated rings. The van der Waals surface area contributed by atoms with E-state index < -0.39 is 5.82 Å². The van der Waals surface area contributed by atoms with Gasteiger partial charge in [-0.15, -0.1) is 0 Å². The van der Waals surface area contributed by atoms with E-state index in [9.17, 15) is 4.39 Å². The Balaban J connectivity index is 1.39. The van der Waals surface area contributed by atoms with Crippen molar-refractivity contribution in [2.24, 2.45) is 0 Å². The van der Waals surface area contributed by atoms with Crippen LogP contribution >= 0.6 is 0 Å². The minimum atomic E-state index is -0.406. The van der Waals surface area contributed by atoms with Gasteiger partial charge >= 0.3 is 0 Å². The van der Waals surface area contributed by atoms with Gasteiger partial charge in [-0.2, -0.15) is 5.10 Å². The van der Waals surface area contributed by atoms with E-state index in [4.69, 9.17) is 9.72 Å². The standard InChI is InChI=1S/C29H28FN9O/c1-38(2)7-8-40-22-11-17(9-20(30)13-22)25-27-24(5-6-32-25)34-29(35-27)26-23-12-19(15-33-28(23)37-36-26)18-10-21(39(3)4)16-31-14-18/h5-6,9-16H,7-8H2,1-4H3,(H,34,35)(H,33,36,37). The average molecular weight is 538 g/mol. The summed E-state index contributed by atoms with van der Waals surface area (Å²) >= 11 is 0. The molecular formula is C29H28FN9O. The predicted octanol–water partition coefficient (Wildman–Crippen LogP) is 4.77. The number of pyridine rings is 3. The Morgan fingerprint density at radius 3 is 2.58 bits per heavy atom. The van der Waals surface area contributed by atoms with E-state index in [1.165, 1.54) is 12.1 Å². The molecule has 6 rings (SSSR count). The van der Waals surface area contributed by atoms with Crippen molar-refractivity contribution in [2.45, 2.75) is 0 Å². The van der Waals surface area contributed by atoms with Gasteiger partial charge in [0.2, 0.25) is 0 Å². The second kappa shape index (κ2) is 10.3. The highest BCUT2D eigenvalue weighted by atomic mass is 19.1. The van der Waals surface area contributed by atoms with E-state index in [2.05, 4.69) is 36.2 Å². The van der Waals surface area contributed by atoms with Gasteiger partial charge in [0.1, 0.15) is 29.4 Å². The number of hydrogen-bond donors (Lipinski definition) is 2. The number of anilines is 1. The lowest BCUT2D eigenvalue weighted by Gasteiger charge is -2.12. The van der Waals surface area contributed by atoms with E-state index in [-0.39, 0.29) is 0 Å². The molecule has 0 spiro atoms. The third kappa shape index (κ3) is 4.94. The van der Waals surface area contributed by atoms with Crippen LogP contribution in [0.4, 0.5) is 10.1 Å². The Bertz CT molecular complexity index is 1830. The number of aromatic amines is 2. The van der Waals surface area contributed by atoms with Crippen LogP contribution in [-0.4, -0.2) is 81.4 Å². The SMILES string of the molecule is CN(C)CCOc1cc(F)cc(-c2nccc3[nH]c(-c4n[nH]c5ncc(-c6cncc(N(C)C)c6)cc45)nc23)c1. The van der Waals surface area contributed by atoms with Gasteiger partial charge in [-0.05, 0) is 44.4 Å². The maximum Gasteiger partial charge on any atom is 0.159 e. The van der Waals surface area contributed by atoms with Gasteiger partial charge in [0.05, 0.1) is 28.5 Å². The zero-order valence-electron chi connectivity index (χ0n) is 22.6. The highest BCUT2D eigenvalue weighted by Crippen LogP contribution is 2.33. The topological polar surface area (TPSA) is 112 Å². The number of imidazole rings is 1. The minimum Gasteiger partial charge on any atom is -0.492 e. The van der Waals surface area contributed by atoms with E-state index >= 15 is 0 Å². The molecule has 0 atom stereocenters. The third-order valence-corrected chi connectivity index (χ3v) is 6.57. The number of H-pyrrole nitrogens is 2. The van der Waals surface area contributed by atoms with Crippen LogP contribution in [0.3, 0.4) is 0 Å². The summed E-state index contributed by atoms with van der Waals surface area (Å²) in [4.78, 5) is 25.7. The van der Waals surface area contributed by atoms with Crippen LogP contribution in [-0.2, 0) is 0 Å². The van der Waals surface area contributed by atoms with Crippen molar-refractivity contribution >= 4 is 27.8 Å². The molecule has 0 saturated carbocycles. The highest BCUT2D eigenvalue weighted by molar-refractivity contribution is 5.96. The van der Waals surface area contributed by atoms with Crippen molar-refractivity contribution in [3.8, 4) is 39.7 Å². The fourth-order valence-electron chi connectivity index (χ4n) is 4.46. The third-order valence-electron chi connectivity index (χ3n) is 6.57. The van der Waals surface area contributed by atoms with Gasteiger partial charge in [-0.3, -0.25) is 15.1 Å². The number of nitrogens with zero attached hydrogens (tertiary/aromatic N) is 7. The molecule has 202 valence electrons. The van der Waals surface area contributed by atoms with Gasteiger partial charge < -0.3 is 19.5 Å². The molecule has 0 unspecified atom stereocenters. The molecule has 5 aromatic heterocycles. The fraction of sp³-hybridized carbons (Fsp3) is 0.207. The summed E-state index contributed by atoms with van der Waals surface area (Å²) in [6.07, 6.45) is 7.09. The van der Waals surface area contributed by atoms with Crippen LogP contribution < -0.4 is 9.64 Å². The Kier molecular flexibility index (Phi) is 6.56. The monoisotopic (exact) mass is 537 g/mol. The molecule has 0 aliphatic carbocycles. The molecule has 5 heterocycles. The first-order valence-corrected chi connectivity index (χ1v) is 12.8. The summed E-state index contributed by atoms with van der Waals surface area (Å²) in [7, 11) is 7.87. The lowest BCUT2D eigenvalue weighted by molar-refractivity contribution is 0.260. The number of likely N-dealkylation sites (N-methyl/N-ethyl adjacent to an activating group) is 1. The van der Waals surface area contributed by atoms with Crippen LogP contribution in [0.2, 0.25) is 0 Å². The molecule has 40 heavy (non-hydrogen) atoms. The van der Waals surface area contributed by atoms with Gasteiger partial charge in [0.25, 0.3) is 0 Å². The lowest BCUT2D eigenvalue weighted by Crippen LogP contribution is -2.19. The van der Waals surface area contributed by atoms with E-state index in [1.807, 2.05) is 62.5 Å². The van der Waals surface area contributed by atoms with Crippen LogP contribution in [0.15, 0.2) is 61.2 Å². The van der Waals surface area contributed by atoms with Crippen LogP contribution in [0.5, 0.6) is 5.75 Å². The van der Waals surface area contributed by atoms with E-state index in [1.54, 1.807) is 18.5 Å². The number of halogens is 1. The highest BCUT2D eigenvalue weighted by Gasteiger charge is 2.18. The maximum atomic E-state index is 14.6. The Morgan fingerprint density at radius 2 is 1.75 bits per heavy atom. The van der Waals surface area contributed by atoms with Crippen LogP contribution in [0.1, 0.15) is 0 Å². The molecule has 0 amide bonds. The molecule has 6 aromatic rings. The zero-order chi connectivity index (χ0) is 27.8. The zero-order valence-corrected chi connectivity index (χ0v) is 22.6. The summed E-state index contributed by atoms with van der Waals surface area (Å²) in [6.45, 7) is 1.16. The summed E-state index contributed by atoms with van der Waals surface area (Å²) in [5.74, 6) is 0.584. The molecular weight excluding hydrogens is 509 g/mol. The first kappa shape index (κ1) is 25.4. The van der Waals surface area contributed by atoms with Gasteiger partial charge in [0.15, 0.2) is 11.5 Å². The van der Waals surface area contributed by atoms with Gasteiger partial charge in [-0.1, -0.05) is 0 Å². The van der Waals surface area contributed by atoms with Crippen molar-refractivity contribution in [1.29, 1.82) is 0 Å². The van der Waals surface area contributed by atoms with E-state index in [0.717, 1.165) is 27.7 Å². The molecule has 0 saturated heterocycles. The van der Waals surface area contributed by atoms with Crippen molar-refractivity contribution in [3.05, 3.63) is 67.0 Å². The molecule has 1 aromatic carbocycles. The number of hydrogen-bond acceptors (Lipinski definition) is 8. The molecule has 2 N–H and O–H groups in total. The normalized spacial score (nSPS) is 11.6. The summed E-state index contributed by atoms with van der Waals surface area (Å²) < 4.78 is 20.4. The number of aromatic nitrogens is 7. The number of nitrogens with one attached hydrogen (secondary N) is 2. The van der Waals surface area contributed by atoms with Crippen LogP contribution in [0.25, 0.3) is 56.0 Å². The summed E-state index contributed by atoms with van der Waals surface area (Å²) in [5.41, 5.74) is 6.58. The first-order valence-electron chi connectivity index (χ1n) is 12.8. The molecule has 0 radical (unpaired) electrons.